The Bertz CT molecular complexity index is 669. The molecule has 1 heterocycles. The third-order valence-electron chi connectivity index (χ3n) is 2.26. The Labute approximate surface area is 114 Å². The number of rotatable bonds is 2. The highest BCUT2D eigenvalue weighted by molar-refractivity contribution is 5.71. The van der Waals surface area contributed by atoms with Gasteiger partial charge in [0.2, 0.25) is 5.82 Å². The van der Waals surface area contributed by atoms with Crippen LogP contribution in [0.4, 0.5) is 22.4 Å². The van der Waals surface area contributed by atoms with Crippen molar-refractivity contribution < 1.29 is 31.6 Å². The van der Waals surface area contributed by atoms with Crippen molar-refractivity contribution in [3.63, 3.8) is 0 Å². The number of halogens is 4. The zero-order chi connectivity index (χ0) is 15.6. The minimum absolute atomic E-state index is 0.00504. The maximum atomic E-state index is 13.4. The van der Waals surface area contributed by atoms with Gasteiger partial charge in [-0.15, -0.1) is 0 Å². The van der Waals surface area contributed by atoms with Crippen molar-refractivity contribution in [1.29, 1.82) is 0 Å². The molecule has 0 aliphatic carbocycles. The number of alkyl halides is 3. The highest BCUT2D eigenvalue weighted by Gasteiger charge is 2.38. The molecular weight excluding hydrogens is 298 g/mol. The highest BCUT2D eigenvalue weighted by atomic mass is 19.4. The fourth-order valence-corrected chi connectivity index (χ4v) is 1.33. The van der Waals surface area contributed by atoms with E-state index in [4.69, 9.17) is 0 Å². The van der Waals surface area contributed by atoms with Gasteiger partial charge < -0.3 is 14.6 Å². The quantitative estimate of drug-likeness (QED) is 0.863. The first-order valence-electron chi connectivity index (χ1n) is 5.41. The van der Waals surface area contributed by atoms with Gasteiger partial charge in [-0.1, -0.05) is 5.16 Å². The minimum Gasteiger partial charge on any atom is -0.407 e. The smallest absolute Gasteiger partial charge is 0.407 e. The molecule has 0 spiro atoms. The molecule has 10 heteroatoms. The Morgan fingerprint density at radius 1 is 1.38 bits per heavy atom. The molecule has 0 unspecified atom stereocenters. The lowest BCUT2D eigenvalue weighted by atomic mass is 10.2. The van der Waals surface area contributed by atoms with E-state index in [0.717, 1.165) is 18.2 Å². The number of carbonyl (C=O) groups is 1. The third kappa shape index (κ3) is 3.27. The first kappa shape index (κ1) is 14.8. The van der Waals surface area contributed by atoms with Crippen LogP contribution >= 0.6 is 0 Å². The van der Waals surface area contributed by atoms with Crippen molar-refractivity contribution in [3.05, 3.63) is 29.9 Å². The maximum absolute atomic E-state index is 13.4. The number of hydrogen-bond donors (Lipinski definition) is 1. The van der Waals surface area contributed by atoms with Crippen molar-refractivity contribution in [3.8, 4) is 17.1 Å². The van der Waals surface area contributed by atoms with Crippen LogP contribution in [0.3, 0.4) is 0 Å². The van der Waals surface area contributed by atoms with Gasteiger partial charge in [-0.25, -0.2) is 9.18 Å². The van der Waals surface area contributed by atoms with Gasteiger partial charge in [0.1, 0.15) is 0 Å². The summed E-state index contributed by atoms with van der Waals surface area (Å²) in [6, 6.07) is 3.00. The van der Waals surface area contributed by atoms with Crippen molar-refractivity contribution in [2.45, 2.75) is 6.18 Å². The number of ether oxygens (including phenoxy) is 1. The van der Waals surface area contributed by atoms with Crippen molar-refractivity contribution in [1.82, 2.24) is 15.5 Å². The molecule has 2 rings (SSSR count). The number of aromatic nitrogens is 2. The number of hydrogen-bond acceptors (Lipinski definition) is 5. The molecule has 21 heavy (non-hydrogen) atoms. The van der Waals surface area contributed by atoms with Crippen LogP contribution in [0.2, 0.25) is 0 Å². The molecule has 6 nitrogen and oxygen atoms in total. The summed E-state index contributed by atoms with van der Waals surface area (Å²) in [5.74, 6) is -3.30. The molecule has 0 aliphatic heterocycles. The van der Waals surface area contributed by atoms with Gasteiger partial charge in [0.05, 0.1) is 0 Å². The normalized spacial score (nSPS) is 11.3. The van der Waals surface area contributed by atoms with E-state index in [0.29, 0.717) is 0 Å². The average Bonchev–Trinajstić information content (AvgIpc) is 2.90. The van der Waals surface area contributed by atoms with E-state index in [1.165, 1.54) is 7.05 Å². The predicted molar refractivity (Wildman–Crippen MR) is 59.8 cm³/mol. The van der Waals surface area contributed by atoms with Crippen LogP contribution in [0, 0.1) is 5.82 Å². The maximum Gasteiger partial charge on any atom is 0.471 e. The number of nitrogens with one attached hydrogen (secondary N) is 1. The standard InChI is InChI=1S/C11H7F4N3O3/c1-16-10(19)20-7-4-5(2-3-6(7)12)8-17-9(21-18-8)11(13,14)15/h2-4H,1H3,(H,16,19). The molecule has 0 atom stereocenters. The molecular formula is C11H7F4N3O3. The first-order valence-corrected chi connectivity index (χ1v) is 5.41. The predicted octanol–water partition coefficient (Wildman–Crippen LogP) is 2.61. The molecule has 0 radical (unpaired) electrons. The van der Waals surface area contributed by atoms with E-state index in [2.05, 4.69) is 24.7 Å². The summed E-state index contributed by atoms with van der Waals surface area (Å²) >= 11 is 0. The molecule has 112 valence electrons. The van der Waals surface area contributed by atoms with Gasteiger partial charge >= 0.3 is 18.2 Å². The van der Waals surface area contributed by atoms with E-state index >= 15 is 0 Å². The summed E-state index contributed by atoms with van der Waals surface area (Å²) in [6.07, 6.45) is -5.72. The lowest BCUT2D eigenvalue weighted by Gasteiger charge is -2.05. The van der Waals surface area contributed by atoms with Gasteiger partial charge in [-0.3, -0.25) is 0 Å². The monoisotopic (exact) mass is 305 g/mol. The Balaban J connectivity index is 2.34. The molecule has 1 N–H and O–H groups in total. The van der Waals surface area contributed by atoms with E-state index < -0.39 is 35.6 Å². The molecule has 1 aromatic carbocycles. The third-order valence-corrected chi connectivity index (χ3v) is 2.26. The molecule has 0 aliphatic rings. The Morgan fingerprint density at radius 2 is 2.10 bits per heavy atom. The number of amides is 1. The van der Waals surface area contributed by atoms with Crippen LogP contribution < -0.4 is 10.1 Å². The Hall–Kier alpha value is -2.65. The number of nitrogens with zero attached hydrogens (tertiary/aromatic N) is 2. The number of benzene rings is 1. The molecule has 0 fully saturated rings. The fourth-order valence-electron chi connectivity index (χ4n) is 1.33. The van der Waals surface area contributed by atoms with Gasteiger partial charge in [0.25, 0.3) is 0 Å². The fraction of sp³-hybridized carbons (Fsp3) is 0.182. The molecule has 0 saturated heterocycles. The second-order valence-electron chi connectivity index (χ2n) is 3.71. The molecule has 0 bridgehead atoms. The van der Waals surface area contributed by atoms with Crippen LogP contribution in [0.5, 0.6) is 5.75 Å². The largest absolute Gasteiger partial charge is 0.471 e. The van der Waals surface area contributed by atoms with Crippen molar-refractivity contribution in [2.75, 3.05) is 7.05 Å². The van der Waals surface area contributed by atoms with Crippen molar-refractivity contribution >= 4 is 6.09 Å². The van der Waals surface area contributed by atoms with Crippen LogP contribution in [0.1, 0.15) is 5.89 Å². The zero-order valence-electron chi connectivity index (χ0n) is 10.4. The zero-order valence-corrected chi connectivity index (χ0v) is 10.4. The summed E-state index contributed by atoms with van der Waals surface area (Å²) in [7, 11) is 1.26. The van der Waals surface area contributed by atoms with E-state index in [1.807, 2.05) is 0 Å². The summed E-state index contributed by atoms with van der Waals surface area (Å²) in [6.45, 7) is 0. The van der Waals surface area contributed by atoms with Crippen LogP contribution in [0.15, 0.2) is 22.7 Å². The lowest BCUT2D eigenvalue weighted by molar-refractivity contribution is -0.159. The van der Waals surface area contributed by atoms with Crippen LogP contribution in [0.25, 0.3) is 11.4 Å². The summed E-state index contributed by atoms with van der Waals surface area (Å²) < 4.78 is 59.1. The molecule has 1 amide bonds. The second-order valence-corrected chi connectivity index (χ2v) is 3.71. The van der Waals surface area contributed by atoms with Crippen molar-refractivity contribution in [2.24, 2.45) is 0 Å². The highest BCUT2D eigenvalue weighted by Crippen LogP contribution is 2.30. The molecule has 0 saturated carbocycles. The SMILES string of the molecule is CNC(=O)Oc1cc(-c2noc(C(F)(F)F)n2)ccc1F. The van der Waals surface area contributed by atoms with Crippen LogP contribution in [-0.4, -0.2) is 23.3 Å². The second kappa shape index (κ2) is 5.38. The lowest BCUT2D eigenvalue weighted by Crippen LogP contribution is -2.22. The van der Waals surface area contributed by atoms with Gasteiger partial charge in [-0.2, -0.15) is 18.2 Å². The van der Waals surface area contributed by atoms with Gasteiger partial charge in [-0.05, 0) is 18.2 Å². The van der Waals surface area contributed by atoms with E-state index in [-0.39, 0.29) is 5.56 Å². The van der Waals surface area contributed by atoms with E-state index in [9.17, 15) is 22.4 Å². The average molecular weight is 305 g/mol. The first-order chi connectivity index (χ1) is 9.81. The summed E-state index contributed by atoms with van der Waals surface area (Å²) in [4.78, 5) is 14.2. The number of carbonyl (C=O) groups excluding carboxylic acids is 1. The van der Waals surface area contributed by atoms with E-state index in [1.54, 1.807) is 0 Å². The van der Waals surface area contributed by atoms with Gasteiger partial charge in [0.15, 0.2) is 11.6 Å². The molecule has 2 aromatic rings. The topological polar surface area (TPSA) is 77.2 Å². The minimum atomic E-state index is -4.79. The Kier molecular flexibility index (Phi) is 3.78. The summed E-state index contributed by atoms with van der Waals surface area (Å²) in [5.41, 5.74) is -0.00504. The summed E-state index contributed by atoms with van der Waals surface area (Å²) in [5, 5.41) is 5.24. The van der Waals surface area contributed by atoms with Crippen LogP contribution in [-0.2, 0) is 6.18 Å². The Morgan fingerprint density at radius 3 is 2.67 bits per heavy atom. The van der Waals surface area contributed by atoms with Gasteiger partial charge in [0, 0.05) is 12.6 Å². The molecule has 1 aromatic heterocycles.